The number of aromatic amines is 1. The Kier molecular flexibility index (Phi) is 4.33. The molecule has 0 bridgehead atoms. The van der Waals surface area contributed by atoms with Gasteiger partial charge in [0, 0.05) is 31.8 Å². The minimum atomic E-state index is 0.838. The number of aromatic nitrogens is 2. The fourth-order valence-corrected chi connectivity index (χ4v) is 3.01. The molecule has 1 saturated heterocycles. The highest BCUT2D eigenvalue weighted by molar-refractivity contribution is 5.75. The second kappa shape index (κ2) is 6.37. The van der Waals surface area contributed by atoms with Crippen LogP contribution in [0.15, 0.2) is 24.4 Å². The van der Waals surface area contributed by atoms with Crippen molar-refractivity contribution in [2.24, 2.45) is 5.92 Å². The van der Waals surface area contributed by atoms with Gasteiger partial charge in [-0.15, -0.1) is 0 Å². The third-order valence-electron chi connectivity index (χ3n) is 4.29. The molecular formula is C16H23N3O. The highest BCUT2D eigenvalue weighted by Gasteiger charge is 2.19. The van der Waals surface area contributed by atoms with E-state index in [0.29, 0.717) is 0 Å². The molecule has 3 rings (SSSR count). The first kappa shape index (κ1) is 13.6. The van der Waals surface area contributed by atoms with Crippen molar-refractivity contribution in [2.75, 3.05) is 26.8 Å². The summed E-state index contributed by atoms with van der Waals surface area (Å²) < 4.78 is 5.17. The number of nitrogens with one attached hydrogen (secondary N) is 1. The zero-order chi connectivity index (χ0) is 13.8. The number of pyridine rings is 1. The van der Waals surface area contributed by atoms with Crippen LogP contribution in [0.2, 0.25) is 0 Å². The van der Waals surface area contributed by atoms with Crippen LogP contribution in [-0.2, 0) is 11.3 Å². The van der Waals surface area contributed by atoms with E-state index in [0.717, 1.165) is 30.4 Å². The Morgan fingerprint density at radius 2 is 2.15 bits per heavy atom. The van der Waals surface area contributed by atoms with Gasteiger partial charge in [-0.05, 0) is 56.5 Å². The molecule has 20 heavy (non-hydrogen) atoms. The molecule has 1 fully saturated rings. The first-order valence-electron chi connectivity index (χ1n) is 7.49. The summed E-state index contributed by atoms with van der Waals surface area (Å²) in [7, 11) is 1.79. The molecule has 108 valence electrons. The van der Waals surface area contributed by atoms with Crippen molar-refractivity contribution >= 4 is 11.0 Å². The molecule has 1 aliphatic rings. The van der Waals surface area contributed by atoms with Crippen molar-refractivity contribution in [1.82, 2.24) is 14.9 Å². The van der Waals surface area contributed by atoms with E-state index in [9.17, 15) is 0 Å². The van der Waals surface area contributed by atoms with Crippen molar-refractivity contribution in [3.8, 4) is 0 Å². The third-order valence-corrected chi connectivity index (χ3v) is 4.29. The molecule has 4 heteroatoms. The molecular weight excluding hydrogens is 250 g/mol. The quantitative estimate of drug-likeness (QED) is 0.910. The van der Waals surface area contributed by atoms with Crippen molar-refractivity contribution in [3.05, 3.63) is 30.1 Å². The van der Waals surface area contributed by atoms with E-state index in [2.05, 4.69) is 33.1 Å². The van der Waals surface area contributed by atoms with Crippen LogP contribution in [0, 0.1) is 5.92 Å². The van der Waals surface area contributed by atoms with Gasteiger partial charge in [0.2, 0.25) is 0 Å². The minimum Gasteiger partial charge on any atom is -0.385 e. The molecule has 0 atom stereocenters. The average molecular weight is 273 g/mol. The van der Waals surface area contributed by atoms with Gasteiger partial charge >= 0.3 is 0 Å². The molecule has 1 N–H and O–H groups in total. The molecule has 0 saturated carbocycles. The van der Waals surface area contributed by atoms with Gasteiger partial charge in [-0.25, -0.2) is 4.98 Å². The van der Waals surface area contributed by atoms with E-state index in [1.54, 1.807) is 7.11 Å². The highest BCUT2D eigenvalue weighted by Crippen LogP contribution is 2.22. The SMILES string of the molecule is COCCC1CCN(Cc2ccc3cc[nH]c3n2)CC1. The smallest absolute Gasteiger partial charge is 0.137 e. The second-order valence-corrected chi connectivity index (χ2v) is 5.72. The molecule has 4 nitrogen and oxygen atoms in total. The first-order chi connectivity index (χ1) is 9.85. The summed E-state index contributed by atoms with van der Waals surface area (Å²) in [5, 5.41) is 1.19. The Morgan fingerprint density at radius 3 is 2.95 bits per heavy atom. The lowest BCUT2D eigenvalue weighted by Gasteiger charge is -2.31. The Bertz CT molecular complexity index is 543. The number of likely N-dealkylation sites (tertiary alicyclic amines) is 1. The number of fused-ring (bicyclic) bond motifs is 1. The maximum atomic E-state index is 5.17. The van der Waals surface area contributed by atoms with E-state index in [4.69, 9.17) is 4.74 Å². The second-order valence-electron chi connectivity index (χ2n) is 5.72. The van der Waals surface area contributed by atoms with Crippen molar-refractivity contribution < 1.29 is 4.74 Å². The van der Waals surface area contributed by atoms with Gasteiger partial charge in [0.25, 0.3) is 0 Å². The van der Waals surface area contributed by atoms with Crippen LogP contribution in [0.1, 0.15) is 25.0 Å². The molecule has 0 amide bonds. The van der Waals surface area contributed by atoms with E-state index in [1.807, 2.05) is 6.20 Å². The number of rotatable bonds is 5. The molecule has 0 spiro atoms. The van der Waals surface area contributed by atoms with Gasteiger partial charge in [0.1, 0.15) is 5.65 Å². The Hall–Kier alpha value is -1.39. The lowest BCUT2D eigenvalue weighted by atomic mass is 9.94. The predicted octanol–water partition coefficient (Wildman–Crippen LogP) is 2.81. The standard InChI is InChI=1S/C16H23N3O/c1-20-11-7-13-5-9-19(10-6-13)12-15-3-2-14-4-8-17-16(14)18-15/h2-4,8,13H,5-7,9-12H2,1H3,(H,17,18). The Balaban J connectivity index is 1.53. The van der Waals surface area contributed by atoms with Crippen molar-refractivity contribution in [3.63, 3.8) is 0 Å². The molecule has 2 aromatic heterocycles. The van der Waals surface area contributed by atoms with E-state index in [-0.39, 0.29) is 0 Å². The molecule has 0 unspecified atom stereocenters. The summed E-state index contributed by atoms with van der Waals surface area (Å²) in [6, 6.07) is 6.36. The van der Waals surface area contributed by atoms with Crippen LogP contribution in [0.25, 0.3) is 11.0 Å². The molecule has 0 aromatic carbocycles. The molecule has 2 aromatic rings. The molecule has 1 aliphatic heterocycles. The summed E-state index contributed by atoms with van der Waals surface area (Å²) in [6.45, 7) is 4.22. The van der Waals surface area contributed by atoms with Crippen LogP contribution in [0.3, 0.4) is 0 Å². The first-order valence-corrected chi connectivity index (χ1v) is 7.49. The summed E-state index contributed by atoms with van der Waals surface area (Å²) >= 11 is 0. The van der Waals surface area contributed by atoms with Crippen molar-refractivity contribution in [2.45, 2.75) is 25.8 Å². The number of hydrogen-bond acceptors (Lipinski definition) is 3. The van der Waals surface area contributed by atoms with Crippen LogP contribution >= 0.6 is 0 Å². The zero-order valence-corrected chi connectivity index (χ0v) is 12.1. The maximum Gasteiger partial charge on any atom is 0.137 e. The molecule has 3 heterocycles. The lowest BCUT2D eigenvalue weighted by Crippen LogP contribution is -2.33. The van der Waals surface area contributed by atoms with E-state index in [1.165, 1.54) is 37.7 Å². The van der Waals surface area contributed by atoms with Crippen LogP contribution in [0.4, 0.5) is 0 Å². The van der Waals surface area contributed by atoms with Crippen LogP contribution in [-0.4, -0.2) is 41.7 Å². The number of methoxy groups -OCH3 is 1. The lowest BCUT2D eigenvalue weighted by molar-refractivity contribution is 0.131. The van der Waals surface area contributed by atoms with Gasteiger partial charge < -0.3 is 9.72 Å². The number of piperidine rings is 1. The fraction of sp³-hybridized carbons (Fsp3) is 0.562. The number of ether oxygens (including phenoxy) is 1. The fourth-order valence-electron chi connectivity index (χ4n) is 3.01. The predicted molar refractivity (Wildman–Crippen MR) is 80.6 cm³/mol. The van der Waals surface area contributed by atoms with Crippen molar-refractivity contribution in [1.29, 1.82) is 0 Å². The summed E-state index contributed by atoms with van der Waals surface area (Å²) in [5.74, 6) is 0.838. The largest absolute Gasteiger partial charge is 0.385 e. The topological polar surface area (TPSA) is 41.1 Å². The van der Waals surface area contributed by atoms with Gasteiger partial charge in [0.05, 0.1) is 5.69 Å². The van der Waals surface area contributed by atoms with Gasteiger partial charge in [-0.3, -0.25) is 4.90 Å². The van der Waals surface area contributed by atoms with Crippen LogP contribution in [0.5, 0.6) is 0 Å². The molecule has 0 radical (unpaired) electrons. The maximum absolute atomic E-state index is 5.17. The highest BCUT2D eigenvalue weighted by atomic mass is 16.5. The normalized spacial score (nSPS) is 17.9. The van der Waals surface area contributed by atoms with Crippen LogP contribution < -0.4 is 0 Å². The number of H-pyrrole nitrogens is 1. The number of nitrogens with zero attached hydrogens (tertiary/aromatic N) is 2. The zero-order valence-electron chi connectivity index (χ0n) is 12.1. The van der Waals surface area contributed by atoms with E-state index >= 15 is 0 Å². The average Bonchev–Trinajstić information content (AvgIpc) is 2.94. The third kappa shape index (κ3) is 3.19. The Morgan fingerprint density at radius 1 is 1.30 bits per heavy atom. The summed E-state index contributed by atoms with van der Waals surface area (Å²) in [5.41, 5.74) is 2.16. The molecule has 0 aliphatic carbocycles. The van der Waals surface area contributed by atoms with Gasteiger partial charge in [0.15, 0.2) is 0 Å². The Labute approximate surface area is 120 Å². The van der Waals surface area contributed by atoms with E-state index < -0.39 is 0 Å². The summed E-state index contributed by atoms with van der Waals surface area (Å²) in [4.78, 5) is 10.4. The number of hydrogen-bond donors (Lipinski definition) is 1. The van der Waals surface area contributed by atoms with Gasteiger partial charge in [-0.2, -0.15) is 0 Å². The monoisotopic (exact) mass is 273 g/mol. The minimum absolute atomic E-state index is 0.838. The summed E-state index contributed by atoms with van der Waals surface area (Å²) in [6.07, 6.45) is 5.72. The van der Waals surface area contributed by atoms with Gasteiger partial charge in [-0.1, -0.05) is 0 Å².